The molecule has 0 aliphatic rings. The zero-order valence-electron chi connectivity index (χ0n) is 10.6. The number of ketones is 1. The Kier molecular flexibility index (Phi) is 4.50. The Bertz CT molecular complexity index is 639. The molecule has 0 saturated carbocycles. The third-order valence-electron chi connectivity index (χ3n) is 2.77. The van der Waals surface area contributed by atoms with Crippen molar-refractivity contribution in [1.82, 2.24) is 0 Å². The fourth-order valence-corrected chi connectivity index (χ4v) is 1.92. The predicted octanol–water partition coefficient (Wildman–Crippen LogP) is 2.73. The number of hydrogen-bond donors (Lipinski definition) is 2. The highest BCUT2D eigenvalue weighted by molar-refractivity contribution is 6.34. The Balaban J connectivity index is 2.13. The number of amides is 1. The molecule has 4 nitrogen and oxygen atoms in total. The van der Waals surface area contributed by atoms with Gasteiger partial charge in [0.05, 0.1) is 17.1 Å². The average Bonchev–Trinajstić information content (AvgIpc) is 2.47. The van der Waals surface area contributed by atoms with Crippen molar-refractivity contribution < 1.29 is 9.59 Å². The number of nitrogens with one attached hydrogen (secondary N) is 1. The van der Waals surface area contributed by atoms with Gasteiger partial charge >= 0.3 is 0 Å². The molecular formula is C15H13ClN2O2. The van der Waals surface area contributed by atoms with Crippen LogP contribution in [0.25, 0.3) is 0 Å². The molecular weight excluding hydrogens is 276 g/mol. The fraction of sp³-hybridized carbons (Fsp3) is 0.0667. The molecule has 0 saturated heterocycles. The second-order valence-corrected chi connectivity index (χ2v) is 4.55. The van der Waals surface area contributed by atoms with E-state index in [1.165, 1.54) is 0 Å². The van der Waals surface area contributed by atoms with Gasteiger partial charge in [0.2, 0.25) is 0 Å². The van der Waals surface area contributed by atoms with Crippen LogP contribution < -0.4 is 11.1 Å². The molecule has 2 rings (SSSR count). The van der Waals surface area contributed by atoms with E-state index >= 15 is 0 Å². The van der Waals surface area contributed by atoms with Gasteiger partial charge < -0.3 is 11.1 Å². The molecule has 0 aromatic heterocycles. The standard InChI is InChI=1S/C15H13ClN2O2/c16-13-4-2-1-3-12(13)15(20)18-11-7-5-10(6-8-11)14(19)9-17/h1-8H,9,17H2,(H,18,20). The quantitative estimate of drug-likeness (QED) is 0.850. The Morgan fingerprint density at radius 2 is 1.70 bits per heavy atom. The van der Waals surface area contributed by atoms with E-state index in [0.717, 1.165) is 0 Å². The smallest absolute Gasteiger partial charge is 0.257 e. The number of carbonyl (C=O) groups is 2. The maximum atomic E-state index is 12.0. The largest absolute Gasteiger partial charge is 0.324 e. The van der Waals surface area contributed by atoms with Crippen LogP contribution in [0.1, 0.15) is 20.7 Å². The van der Waals surface area contributed by atoms with E-state index in [2.05, 4.69) is 5.32 Å². The van der Waals surface area contributed by atoms with Gasteiger partial charge in [0, 0.05) is 11.3 Å². The fourth-order valence-electron chi connectivity index (χ4n) is 1.70. The summed E-state index contributed by atoms with van der Waals surface area (Å²) in [4.78, 5) is 23.4. The lowest BCUT2D eigenvalue weighted by molar-refractivity contribution is 0.0999. The number of benzene rings is 2. The number of hydrogen-bond acceptors (Lipinski definition) is 3. The third kappa shape index (κ3) is 3.23. The molecule has 0 atom stereocenters. The zero-order chi connectivity index (χ0) is 14.5. The van der Waals surface area contributed by atoms with Crippen molar-refractivity contribution in [1.29, 1.82) is 0 Å². The molecule has 2 aromatic rings. The van der Waals surface area contributed by atoms with Crippen LogP contribution in [0.5, 0.6) is 0 Å². The number of nitrogens with two attached hydrogens (primary N) is 1. The van der Waals surface area contributed by atoms with Crippen molar-refractivity contribution in [3.63, 3.8) is 0 Å². The summed E-state index contributed by atoms with van der Waals surface area (Å²) in [5.41, 5.74) is 6.78. The van der Waals surface area contributed by atoms with Crippen LogP contribution in [0.15, 0.2) is 48.5 Å². The number of Topliss-reactive ketones (excluding diaryl/α,β-unsaturated/α-hetero) is 1. The molecule has 1 amide bonds. The highest BCUT2D eigenvalue weighted by Gasteiger charge is 2.10. The van der Waals surface area contributed by atoms with Crippen molar-refractivity contribution >= 4 is 29.0 Å². The number of carbonyl (C=O) groups excluding carboxylic acids is 2. The van der Waals surface area contributed by atoms with Crippen LogP contribution in [-0.4, -0.2) is 18.2 Å². The molecule has 0 aliphatic heterocycles. The number of halogens is 1. The Morgan fingerprint density at radius 3 is 2.30 bits per heavy atom. The monoisotopic (exact) mass is 288 g/mol. The second-order valence-electron chi connectivity index (χ2n) is 4.14. The third-order valence-corrected chi connectivity index (χ3v) is 3.10. The van der Waals surface area contributed by atoms with E-state index < -0.39 is 0 Å². The van der Waals surface area contributed by atoms with Gasteiger partial charge in [0.1, 0.15) is 0 Å². The summed E-state index contributed by atoms with van der Waals surface area (Å²) in [6, 6.07) is 13.3. The average molecular weight is 289 g/mol. The van der Waals surface area contributed by atoms with Gasteiger partial charge in [-0.15, -0.1) is 0 Å². The summed E-state index contributed by atoms with van der Waals surface area (Å²) in [6.07, 6.45) is 0. The Hall–Kier alpha value is -2.17. The lowest BCUT2D eigenvalue weighted by atomic mass is 10.1. The highest BCUT2D eigenvalue weighted by atomic mass is 35.5. The van der Waals surface area contributed by atoms with E-state index in [0.29, 0.717) is 21.8 Å². The van der Waals surface area contributed by atoms with Crippen molar-refractivity contribution in [2.75, 3.05) is 11.9 Å². The normalized spacial score (nSPS) is 10.1. The van der Waals surface area contributed by atoms with Crippen LogP contribution in [0, 0.1) is 0 Å². The topological polar surface area (TPSA) is 72.2 Å². The van der Waals surface area contributed by atoms with Gasteiger partial charge in [-0.3, -0.25) is 9.59 Å². The first-order valence-electron chi connectivity index (χ1n) is 6.01. The first kappa shape index (κ1) is 14.2. The van der Waals surface area contributed by atoms with Crippen LogP contribution in [0.4, 0.5) is 5.69 Å². The summed E-state index contributed by atoms with van der Waals surface area (Å²) in [5, 5.41) is 3.11. The van der Waals surface area contributed by atoms with Crippen molar-refractivity contribution in [3.8, 4) is 0 Å². The van der Waals surface area contributed by atoms with E-state index in [-0.39, 0.29) is 18.2 Å². The molecule has 0 unspecified atom stereocenters. The van der Waals surface area contributed by atoms with Crippen LogP contribution in [-0.2, 0) is 0 Å². The lowest BCUT2D eigenvalue weighted by Gasteiger charge is -2.07. The maximum Gasteiger partial charge on any atom is 0.257 e. The lowest BCUT2D eigenvalue weighted by Crippen LogP contribution is -2.14. The molecule has 0 heterocycles. The molecule has 102 valence electrons. The maximum absolute atomic E-state index is 12.0. The SMILES string of the molecule is NCC(=O)c1ccc(NC(=O)c2ccccc2Cl)cc1. The minimum Gasteiger partial charge on any atom is -0.324 e. The van der Waals surface area contributed by atoms with Crippen LogP contribution in [0.2, 0.25) is 5.02 Å². The Labute approximate surface area is 121 Å². The second kappa shape index (κ2) is 6.32. The molecule has 2 aromatic carbocycles. The van der Waals surface area contributed by atoms with Gasteiger partial charge in [-0.1, -0.05) is 23.7 Å². The molecule has 0 fully saturated rings. The summed E-state index contributed by atoms with van der Waals surface area (Å²) in [5.74, 6) is -0.442. The van der Waals surface area contributed by atoms with E-state index in [4.69, 9.17) is 17.3 Å². The zero-order valence-corrected chi connectivity index (χ0v) is 11.4. The number of anilines is 1. The highest BCUT2D eigenvalue weighted by Crippen LogP contribution is 2.17. The van der Waals surface area contributed by atoms with E-state index in [9.17, 15) is 9.59 Å². The molecule has 5 heteroatoms. The molecule has 0 radical (unpaired) electrons. The minimum atomic E-state index is -0.298. The molecule has 0 aliphatic carbocycles. The molecule has 0 bridgehead atoms. The predicted molar refractivity (Wildman–Crippen MR) is 79.2 cm³/mol. The minimum absolute atomic E-state index is 0.0364. The summed E-state index contributed by atoms with van der Waals surface area (Å²) in [6.45, 7) is -0.0364. The van der Waals surface area contributed by atoms with Gasteiger partial charge in [-0.25, -0.2) is 0 Å². The van der Waals surface area contributed by atoms with E-state index in [1.54, 1.807) is 48.5 Å². The van der Waals surface area contributed by atoms with Gasteiger partial charge in [-0.05, 0) is 36.4 Å². The van der Waals surface area contributed by atoms with Crippen LogP contribution >= 0.6 is 11.6 Å². The first-order valence-corrected chi connectivity index (χ1v) is 6.39. The van der Waals surface area contributed by atoms with Gasteiger partial charge in [-0.2, -0.15) is 0 Å². The van der Waals surface area contributed by atoms with Gasteiger partial charge in [0.25, 0.3) is 5.91 Å². The molecule has 3 N–H and O–H groups in total. The van der Waals surface area contributed by atoms with Crippen molar-refractivity contribution in [3.05, 3.63) is 64.7 Å². The summed E-state index contributed by atoms with van der Waals surface area (Å²) in [7, 11) is 0. The van der Waals surface area contributed by atoms with Gasteiger partial charge in [0.15, 0.2) is 5.78 Å². The molecule has 20 heavy (non-hydrogen) atoms. The number of rotatable bonds is 4. The van der Waals surface area contributed by atoms with Crippen LogP contribution in [0.3, 0.4) is 0 Å². The van der Waals surface area contributed by atoms with E-state index in [1.807, 2.05) is 0 Å². The Morgan fingerprint density at radius 1 is 1.05 bits per heavy atom. The first-order chi connectivity index (χ1) is 9.61. The molecule has 0 spiro atoms. The summed E-state index contributed by atoms with van der Waals surface area (Å²) < 4.78 is 0. The van der Waals surface area contributed by atoms with Crippen molar-refractivity contribution in [2.45, 2.75) is 0 Å². The van der Waals surface area contributed by atoms with Crippen molar-refractivity contribution in [2.24, 2.45) is 5.73 Å². The summed E-state index contributed by atoms with van der Waals surface area (Å²) >= 11 is 5.95.